The van der Waals surface area contributed by atoms with Crippen LogP contribution in [-0.4, -0.2) is 40.0 Å². The molecule has 0 saturated carbocycles. The molecule has 1 aromatic heterocycles. The first-order chi connectivity index (χ1) is 12.4. The quantitative estimate of drug-likeness (QED) is 0.714. The second kappa shape index (κ2) is 9.23. The Morgan fingerprint density at radius 1 is 1.19 bits per heavy atom. The van der Waals surface area contributed by atoms with Gasteiger partial charge in [0.05, 0.1) is 11.9 Å². The van der Waals surface area contributed by atoms with Crippen molar-refractivity contribution in [1.82, 2.24) is 20.8 Å². The highest BCUT2D eigenvalue weighted by atomic mass is 32.2. The summed E-state index contributed by atoms with van der Waals surface area (Å²) >= 11 is 1.08. The predicted octanol–water partition coefficient (Wildman–Crippen LogP) is 2.85. The third-order valence-electron chi connectivity index (χ3n) is 3.12. The molecule has 0 spiro atoms. The minimum absolute atomic E-state index is 0.0571. The van der Waals surface area contributed by atoms with E-state index in [0.717, 1.165) is 23.1 Å². The van der Waals surface area contributed by atoms with E-state index in [1.165, 1.54) is 0 Å². The molecule has 1 aromatic carbocycles. The van der Waals surface area contributed by atoms with Gasteiger partial charge in [-0.1, -0.05) is 11.8 Å². The predicted molar refractivity (Wildman–Crippen MR) is 98.0 cm³/mol. The van der Waals surface area contributed by atoms with Crippen LogP contribution in [0, 0.1) is 0 Å². The van der Waals surface area contributed by atoms with Crippen LogP contribution in [-0.2, 0) is 4.79 Å². The fourth-order valence-electron chi connectivity index (χ4n) is 1.95. The van der Waals surface area contributed by atoms with E-state index in [1.54, 1.807) is 6.92 Å². The number of rotatable bonds is 7. The number of aromatic nitrogens is 2. The van der Waals surface area contributed by atoms with Gasteiger partial charge in [-0.25, -0.2) is 4.79 Å². The number of amides is 3. The number of hydrogen-bond acceptors (Lipinski definition) is 7. The lowest BCUT2D eigenvalue weighted by atomic mass is 10.2. The van der Waals surface area contributed by atoms with Gasteiger partial charge in [-0.2, -0.15) is 0 Å². The molecule has 0 fully saturated rings. The molecule has 9 heteroatoms. The molecular formula is C17H22N4O4S. The lowest BCUT2D eigenvalue weighted by molar-refractivity contribution is -0.119. The molecule has 0 radical (unpaired) electrons. The van der Waals surface area contributed by atoms with Crippen molar-refractivity contribution in [3.8, 4) is 17.2 Å². The van der Waals surface area contributed by atoms with Crippen molar-refractivity contribution in [3.05, 3.63) is 24.3 Å². The lowest BCUT2D eigenvalue weighted by Crippen LogP contribution is -2.45. The Hall–Kier alpha value is -2.55. The van der Waals surface area contributed by atoms with Crippen LogP contribution in [0.2, 0.25) is 0 Å². The van der Waals surface area contributed by atoms with E-state index in [-0.39, 0.29) is 11.3 Å². The van der Waals surface area contributed by atoms with Crippen LogP contribution in [0.3, 0.4) is 0 Å². The average molecular weight is 378 g/mol. The van der Waals surface area contributed by atoms with Gasteiger partial charge in [-0.15, -0.1) is 10.2 Å². The second-order valence-corrected chi connectivity index (χ2v) is 7.00. The van der Waals surface area contributed by atoms with E-state index in [0.29, 0.717) is 12.5 Å². The maximum atomic E-state index is 12.0. The summed E-state index contributed by atoms with van der Waals surface area (Å²) in [5, 5.41) is 12.5. The van der Waals surface area contributed by atoms with Crippen LogP contribution in [0.5, 0.6) is 5.75 Å². The molecule has 140 valence electrons. The Bertz CT molecular complexity index is 745. The molecule has 0 aliphatic carbocycles. The van der Waals surface area contributed by atoms with Crippen LogP contribution in [0.1, 0.15) is 27.7 Å². The highest BCUT2D eigenvalue weighted by molar-refractivity contribution is 8.00. The Kier molecular flexibility index (Phi) is 7.02. The number of nitrogens with one attached hydrogen (secondary N) is 2. The van der Waals surface area contributed by atoms with E-state index in [2.05, 4.69) is 20.8 Å². The van der Waals surface area contributed by atoms with E-state index >= 15 is 0 Å². The number of imide groups is 1. The number of thioether (sulfide) groups is 1. The van der Waals surface area contributed by atoms with Gasteiger partial charge in [0.1, 0.15) is 5.75 Å². The number of nitrogens with zero attached hydrogens (tertiary/aromatic N) is 2. The molecule has 0 saturated heterocycles. The van der Waals surface area contributed by atoms with Crippen LogP contribution in [0.25, 0.3) is 11.5 Å². The van der Waals surface area contributed by atoms with Crippen molar-refractivity contribution >= 4 is 23.7 Å². The molecule has 0 aliphatic heterocycles. The second-order valence-electron chi connectivity index (χ2n) is 5.71. The van der Waals surface area contributed by atoms with Gasteiger partial charge in [-0.05, 0) is 52.0 Å². The van der Waals surface area contributed by atoms with Crippen LogP contribution in [0.15, 0.2) is 33.9 Å². The molecule has 1 heterocycles. The molecule has 0 unspecified atom stereocenters. The fourth-order valence-corrected chi connectivity index (χ4v) is 2.63. The smallest absolute Gasteiger partial charge is 0.321 e. The van der Waals surface area contributed by atoms with Crippen LogP contribution < -0.4 is 15.4 Å². The Morgan fingerprint density at radius 2 is 1.88 bits per heavy atom. The van der Waals surface area contributed by atoms with Gasteiger partial charge in [0.2, 0.25) is 11.8 Å². The zero-order valence-electron chi connectivity index (χ0n) is 15.1. The first-order valence-electron chi connectivity index (χ1n) is 8.23. The summed E-state index contributed by atoms with van der Waals surface area (Å²) in [4.78, 5) is 23.6. The third-order valence-corrected chi connectivity index (χ3v) is 4.06. The van der Waals surface area contributed by atoms with Crippen molar-refractivity contribution in [2.45, 2.75) is 44.2 Å². The molecule has 2 aromatic rings. The average Bonchev–Trinajstić information content (AvgIpc) is 3.03. The van der Waals surface area contributed by atoms with Gasteiger partial charge >= 0.3 is 6.03 Å². The fraction of sp³-hybridized carbons (Fsp3) is 0.412. The first kappa shape index (κ1) is 19.8. The highest BCUT2D eigenvalue weighted by Crippen LogP contribution is 2.27. The molecule has 26 heavy (non-hydrogen) atoms. The summed E-state index contributed by atoms with van der Waals surface area (Å²) in [6.45, 7) is 7.78. The number of ether oxygens (including phenoxy) is 1. The topological polar surface area (TPSA) is 106 Å². The molecule has 2 N–H and O–H groups in total. The minimum Gasteiger partial charge on any atom is -0.494 e. The number of carbonyl (C=O) groups is 2. The van der Waals surface area contributed by atoms with E-state index in [1.807, 2.05) is 45.0 Å². The highest BCUT2D eigenvalue weighted by Gasteiger charge is 2.20. The number of urea groups is 1. The zero-order valence-corrected chi connectivity index (χ0v) is 15.9. The summed E-state index contributed by atoms with van der Waals surface area (Å²) in [7, 11) is 0. The van der Waals surface area contributed by atoms with Crippen molar-refractivity contribution in [2.24, 2.45) is 0 Å². The molecular weight excluding hydrogens is 356 g/mol. The maximum absolute atomic E-state index is 12.0. The summed E-state index contributed by atoms with van der Waals surface area (Å²) < 4.78 is 11.0. The molecule has 0 aliphatic rings. The zero-order chi connectivity index (χ0) is 19.1. The van der Waals surface area contributed by atoms with E-state index in [9.17, 15) is 9.59 Å². The lowest BCUT2D eigenvalue weighted by Gasteiger charge is -2.11. The van der Waals surface area contributed by atoms with E-state index < -0.39 is 17.2 Å². The van der Waals surface area contributed by atoms with Crippen LogP contribution in [0.4, 0.5) is 4.79 Å². The van der Waals surface area contributed by atoms with Gasteiger partial charge < -0.3 is 14.5 Å². The molecule has 3 amide bonds. The Labute approximate surface area is 156 Å². The minimum atomic E-state index is -0.568. The first-order valence-corrected chi connectivity index (χ1v) is 9.11. The summed E-state index contributed by atoms with van der Waals surface area (Å²) in [6.07, 6.45) is 0. The third kappa shape index (κ3) is 5.76. The normalized spacial score (nSPS) is 11.9. The summed E-state index contributed by atoms with van der Waals surface area (Å²) in [6, 6.07) is 6.69. The molecule has 0 bridgehead atoms. The van der Waals surface area contributed by atoms with Gasteiger partial charge in [0.25, 0.3) is 5.22 Å². The van der Waals surface area contributed by atoms with Crippen molar-refractivity contribution in [1.29, 1.82) is 0 Å². The summed E-state index contributed by atoms with van der Waals surface area (Å²) in [5.41, 5.74) is 0.751. The van der Waals surface area contributed by atoms with Gasteiger partial charge in [0.15, 0.2) is 0 Å². The summed E-state index contributed by atoms with van der Waals surface area (Å²) in [5.74, 6) is 0.671. The standard InChI is InChI=1S/C17H22N4O4S/c1-5-24-13-8-6-12(7-9-13)15-20-21-17(25-15)26-11(4)14(22)19-16(23)18-10(2)3/h6-11H,5H2,1-4H3,(H2,18,19,22,23)/t11-/m1/s1. The van der Waals surface area contributed by atoms with Gasteiger partial charge in [0, 0.05) is 11.6 Å². The number of benzene rings is 1. The molecule has 2 rings (SSSR count). The van der Waals surface area contributed by atoms with Gasteiger partial charge in [-0.3, -0.25) is 10.1 Å². The number of hydrogen-bond donors (Lipinski definition) is 2. The number of carbonyl (C=O) groups excluding carboxylic acids is 2. The Morgan fingerprint density at radius 3 is 2.50 bits per heavy atom. The largest absolute Gasteiger partial charge is 0.494 e. The monoisotopic (exact) mass is 378 g/mol. The maximum Gasteiger partial charge on any atom is 0.321 e. The molecule has 1 atom stereocenters. The Balaban J connectivity index is 1.94. The van der Waals surface area contributed by atoms with Crippen LogP contribution >= 0.6 is 11.8 Å². The van der Waals surface area contributed by atoms with Crippen molar-refractivity contribution in [3.63, 3.8) is 0 Å². The van der Waals surface area contributed by atoms with Crippen molar-refractivity contribution in [2.75, 3.05) is 6.61 Å². The SMILES string of the molecule is CCOc1ccc(-c2nnc(S[C@H](C)C(=O)NC(=O)NC(C)C)o2)cc1. The van der Waals surface area contributed by atoms with Crippen molar-refractivity contribution < 1.29 is 18.7 Å². The van der Waals surface area contributed by atoms with E-state index in [4.69, 9.17) is 9.15 Å². The molecule has 8 nitrogen and oxygen atoms in total.